The minimum atomic E-state index is -0.269. The molecule has 1 aliphatic rings. The van der Waals surface area contributed by atoms with E-state index in [1.54, 1.807) is 6.07 Å². The third kappa shape index (κ3) is 6.29. The Morgan fingerprint density at radius 2 is 1.68 bits per heavy atom. The first-order valence-corrected chi connectivity index (χ1v) is 12.5. The van der Waals surface area contributed by atoms with Crippen molar-refractivity contribution in [1.82, 2.24) is 5.32 Å². The third-order valence-electron chi connectivity index (χ3n) is 6.43. The molecule has 6 nitrogen and oxygen atoms in total. The van der Waals surface area contributed by atoms with Crippen molar-refractivity contribution < 1.29 is 18.7 Å². The summed E-state index contributed by atoms with van der Waals surface area (Å²) in [5.74, 6) is 2.35. The van der Waals surface area contributed by atoms with Gasteiger partial charge in [0.05, 0.1) is 0 Å². The average molecular weight is 495 g/mol. The van der Waals surface area contributed by atoms with Crippen molar-refractivity contribution in [3.05, 3.63) is 120 Å². The van der Waals surface area contributed by atoms with E-state index in [4.69, 9.17) is 13.9 Å². The smallest absolute Gasteiger partial charge is 0.291 e. The molecule has 1 aliphatic heterocycles. The van der Waals surface area contributed by atoms with Crippen LogP contribution in [0.15, 0.2) is 101 Å². The predicted octanol–water partition coefficient (Wildman–Crippen LogP) is 6.28. The topological polar surface area (TPSA) is 72.7 Å². The fourth-order valence-corrected chi connectivity index (χ4v) is 4.42. The molecule has 2 N–H and O–H groups in total. The second-order valence-electron chi connectivity index (χ2n) is 9.02. The number of nitrogens with one attached hydrogen (secondary N) is 2. The Morgan fingerprint density at radius 1 is 0.919 bits per heavy atom. The molecule has 0 saturated carbocycles. The van der Waals surface area contributed by atoms with E-state index in [2.05, 4.69) is 47.9 Å². The zero-order chi connectivity index (χ0) is 25.5. The van der Waals surface area contributed by atoms with Crippen LogP contribution in [0.25, 0.3) is 6.08 Å². The number of hydrogen-bond acceptors (Lipinski definition) is 5. The van der Waals surface area contributed by atoms with E-state index in [0.717, 1.165) is 35.1 Å². The monoisotopic (exact) mass is 494 g/mol. The quantitative estimate of drug-likeness (QED) is 0.272. The molecule has 0 unspecified atom stereocenters. The number of amides is 1. The summed E-state index contributed by atoms with van der Waals surface area (Å²) in [6.07, 6.45) is 4.86. The highest BCUT2D eigenvalue weighted by Gasteiger charge is 2.24. The summed E-state index contributed by atoms with van der Waals surface area (Å²) in [6, 6.07) is 29.4. The molecule has 2 atom stereocenters. The maximum atomic E-state index is 12.7. The molecule has 0 aliphatic carbocycles. The van der Waals surface area contributed by atoms with E-state index in [9.17, 15) is 4.79 Å². The lowest BCUT2D eigenvalue weighted by molar-refractivity contribution is 0.0994. The van der Waals surface area contributed by atoms with Crippen LogP contribution in [0.2, 0.25) is 0 Å². The number of para-hydroxylation sites is 1. The van der Waals surface area contributed by atoms with E-state index in [-0.39, 0.29) is 30.4 Å². The molecule has 1 aromatic heterocycles. The number of ether oxygens (including phenoxy) is 2. The number of carbonyl (C=O) groups excluding carboxylic acids is 1. The SMILES string of the molecule is C[C@H](NC/C=C/c1ccccc1)[C@@H](Cc1ccc(C(=O)Nc2ccccc2)o1)c1ccc2c(c1)OCO2. The molecule has 5 rings (SSSR count). The Morgan fingerprint density at radius 3 is 2.49 bits per heavy atom. The van der Waals surface area contributed by atoms with Gasteiger partial charge >= 0.3 is 0 Å². The number of fused-ring (bicyclic) bond motifs is 1. The van der Waals surface area contributed by atoms with Gasteiger partial charge in [0.2, 0.25) is 6.79 Å². The summed E-state index contributed by atoms with van der Waals surface area (Å²) < 4.78 is 17.1. The molecule has 188 valence electrons. The Bertz CT molecular complexity index is 1350. The molecule has 1 amide bonds. The van der Waals surface area contributed by atoms with Gasteiger partial charge in [-0.1, -0.05) is 66.7 Å². The Kier molecular flexibility index (Phi) is 7.67. The first kappa shape index (κ1) is 24.4. The van der Waals surface area contributed by atoms with E-state index < -0.39 is 0 Å². The van der Waals surface area contributed by atoms with E-state index in [1.807, 2.05) is 66.7 Å². The summed E-state index contributed by atoms with van der Waals surface area (Å²) in [5, 5.41) is 6.49. The van der Waals surface area contributed by atoms with Crippen LogP contribution in [0.3, 0.4) is 0 Å². The lowest BCUT2D eigenvalue weighted by atomic mass is 9.88. The second kappa shape index (κ2) is 11.6. The van der Waals surface area contributed by atoms with Crippen LogP contribution < -0.4 is 20.1 Å². The minimum Gasteiger partial charge on any atom is -0.456 e. The maximum Gasteiger partial charge on any atom is 0.291 e. The van der Waals surface area contributed by atoms with Crippen molar-refractivity contribution >= 4 is 17.7 Å². The van der Waals surface area contributed by atoms with Gasteiger partial charge in [0.15, 0.2) is 17.3 Å². The van der Waals surface area contributed by atoms with Crippen LogP contribution in [0.4, 0.5) is 5.69 Å². The molecule has 3 aromatic carbocycles. The normalized spacial score (nSPS) is 14.0. The Hall–Kier alpha value is -4.29. The molecule has 0 radical (unpaired) electrons. The predicted molar refractivity (Wildman–Crippen MR) is 145 cm³/mol. The Balaban J connectivity index is 1.29. The molecule has 0 saturated heterocycles. The number of carbonyl (C=O) groups is 1. The zero-order valence-corrected chi connectivity index (χ0v) is 20.7. The average Bonchev–Trinajstić information content (AvgIpc) is 3.60. The van der Waals surface area contributed by atoms with Gasteiger partial charge < -0.3 is 24.5 Å². The lowest BCUT2D eigenvalue weighted by Gasteiger charge is -2.25. The summed E-state index contributed by atoms with van der Waals surface area (Å²) in [4.78, 5) is 12.7. The first-order chi connectivity index (χ1) is 18.2. The molecular formula is C31H30N2O4. The van der Waals surface area contributed by atoms with Crippen molar-refractivity contribution in [3.8, 4) is 11.5 Å². The van der Waals surface area contributed by atoms with E-state index in [1.165, 1.54) is 5.56 Å². The molecule has 6 heteroatoms. The van der Waals surface area contributed by atoms with Crippen LogP contribution in [0.1, 0.15) is 40.3 Å². The van der Waals surface area contributed by atoms with Gasteiger partial charge in [-0.15, -0.1) is 0 Å². The number of rotatable bonds is 10. The van der Waals surface area contributed by atoms with Gasteiger partial charge in [-0.2, -0.15) is 0 Å². The fourth-order valence-electron chi connectivity index (χ4n) is 4.42. The first-order valence-electron chi connectivity index (χ1n) is 12.5. The number of benzene rings is 3. The largest absolute Gasteiger partial charge is 0.456 e. The highest BCUT2D eigenvalue weighted by atomic mass is 16.7. The van der Waals surface area contributed by atoms with Crippen LogP contribution >= 0.6 is 0 Å². The number of anilines is 1. The molecule has 37 heavy (non-hydrogen) atoms. The van der Waals surface area contributed by atoms with Gasteiger partial charge in [0.25, 0.3) is 5.91 Å². The molecular weight excluding hydrogens is 464 g/mol. The minimum absolute atomic E-state index is 0.0795. The van der Waals surface area contributed by atoms with Crippen molar-refractivity contribution in [1.29, 1.82) is 0 Å². The highest BCUT2D eigenvalue weighted by molar-refractivity contribution is 6.02. The molecule has 0 spiro atoms. The van der Waals surface area contributed by atoms with Crippen LogP contribution in [-0.4, -0.2) is 25.3 Å². The summed E-state index contributed by atoms with van der Waals surface area (Å²) in [5.41, 5.74) is 3.01. The van der Waals surface area contributed by atoms with E-state index >= 15 is 0 Å². The van der Waals surface area contributed by atoms with Crippen molar-refractivity contribution in [3.63, 3.8) is 0 Å². The maximum absolute atomic E-state index is 12.7. The standard InChI is InChI=1S/C31H30N2O4/c1-22(32-18-8-11-23-9-4-2-5-10-23)27(24-14-16-28-30(19-24)36-21-35-28)20-26-15-17-29(37-26)31(34)33-25-12-6-3-7-13-25/h2-17,19,22,27,32H,18,20-21H2,1H3,(H,33,34)/b11-8+/t22-,27+/m0/s1. The van der Waals surface area contributed by atoms with Crippen molar-refractivity contribution in [2.45, 2.75) is 25.3 Å². The van der Waals surface area contributed by atoms with Gasteiger partial charge in [0, 0.05) is 30.6 Å². The molecule has 0 fully saturated rings. The zero-order valence-electron chi connectivity index (χ0n) is 20.7. The van der Waals surface area contributed by atoms with Gasteiger partial charge in [0.1, 0.15) is 5.76 Å². The lowest BCUT2D eigenvalue weighted by Crippen LogP contribution is -2.33. The number of hydrogen-bond donors (Lipinski definition) is 2. The molecule has 4 aromatic rings. The summed E-state index contributed by atoms with van der Waals surface area (Å²) in [7, 11) is 0. The molecule has 2 heterocycles. The van der Waals surface area contributed by atoms with Crippen LogP contribution in [-0.2, 0) is 6.42 Å². The van der Waals surface area contributed by atoms with Gasteiger partial charge in [-0.3, -0.25) is 4.79 Å². The fraction of sp³-hybridized carbons (Fsp3) is 0.194. The third-order valence-corrected chi connectivity index (χ3v) is 6.43. The number of furan rings is 1. The molecule has 0 bridgehead atoms. The second-order valence-corrected chi connectivity index (χ2v) is 9.02. The summed E-state index contributed by atoms with van der Waals surface area (Å²) >= 11 is 0. The van der Waals surface area contributed by atoms with E-state index in [0.29, 0.717) is 6.42 Å². The van der Waals surface area contributed by atoms with Crippen molar-refractivity contribution in [2.24, 2.45) is 0 Å². The summed E-state index contributed by atoms with van der Waals surface area (Å²) in [6.45, 7) is 3.12. The van der Waals surface area contributed by atoms with Crippen LogP contribution in [0, 0.1) is 0 Å². The van der Waals surface area contributed by atoms with Gasteiger partial charge in [-0.05, 0) is 54.4 Å². The van der Waals surface area contributed by atoms with Gasteiger partial charge in [-0.25, -0.2) is 0 Å². The Labute approximate surface area is 216 Å². The highest BCUT2D eigenvalue weighted by Crippen LogP contribution is 2.36. The van der Waals surface area contributed by atoms with Crippen molar-refractivity contribution in [2.75, 3.05) is 18.7 Å². The van der Waals surface area contributed by atoms with Crippen LogP contribution in [0.5, 0.6) is 11.5 Å².